The predicted octanol–water partition coefficient (Wildman–Crippen LogP) is 12.7. The summed E-state index contributed by atoms with van der Waals surface area (Å²) in [7, 11) is 0. The van der Waals surface area contributed by atoms with Crippen molar-refractivity contribution >= 4 is 39.0 Å². The van der Waals surface area contributed by atoms with Gasteiger partial charge in [0.2, 0.25) is 0 Å². The lowest BCUT2D eigenvalue weighted by Crippen LogP contribution is -2.14. The van der Waals surface area contributed by atoms with Crippen LogP contribution in [-0.2, 0) is 5.41 Å². The van der Waals surface area contributed by atoms with Crippen LogP contribution in [0.25, 0.3) is 55.3 Å². The zero-order valence-corrected chi connectivity index (χ0v) is 26.4. The molecule has 2 nitrogen and oxygen atoms in total. The highest BCUT2D eigenvalue weighted by atomic mass is 16.3. The Hall–Kier alpha value is -5.86. The van der Waals surface area contributed by atoms with Crippen molar-refractivity contribution in [2.75, 3.05) is 4.90 Å². The van der Waals surface area contributed by atoms with E-state index >= 15 is 0 Å². The van der Waals surface area contributed by atoms with E-state index < -0.39 is 0 Å². The van der Waals surface area contributed by atoms with Crippen molar-refractivity contribution in [3.05, 3.63) is 175 Å². The maximum absolute atomic E-state index is 6.18. The second-order valence-corrected chi connectivity index (χ2v) is 13.0. The Labute approximate surface area is 275 Å². The van der Waals surface area contributed by atoms with E-state index in [1.165, 1.54) is 44.5 Å². The maximum atomic E-state index is 6.18. The summed E-state index contributed by atoms with van der Waals surface area (Å²) in [6, 6.07) is 58.9. The van der Waals surface area contributed by atoms with E-state index in [9.17, 15) is 0 Å². The molecule has 0 saturated carbocycles. The molecule has 0 N–H and O–H groups in total. The molecule has 47 heavy (non-hydrogen) atoms. The monoisotopic (exact) mass is 603 g/mol. The summed E-state index contributed by atoms with van der Waals surface area (Å²) in [5.74, 6) is 0. The number of furan rings is 1. The van der Waals surface area contributed by atoms with E-state index in [1.807, 2.05) is 12.1 Å². The van der Waals surface area contributed by atoms with Gasteiger partial charge in [-0.2, -0.15) is 0 Å². The quantitative estimate of drug-likeness (QED) is 0.195. The Balaban J connectivity index is 1.13. The molecular formula is C45H33NO. The average molecular weight is 604 g/mol. The summed E-state index contributed by atoms with van der Waals surface area (Å²) in [4.78, 5) is 2.34. The van der Waals surface area contributed by atoms with Gasteiger partial charge in [0, 0.05) is 33.2 Å². The van der Waals surface area contributed by atoms with Gasteiger partial charge in [-0.3, -0.25) is 0 Å². The second kappa shape index (κ2) is 10.6. The van der Waals surface area contributed by atoms with Crippen LogP contribution in [0.2, 0.25) is 0 Å². The number of benzene rings is 7. The number of hydrogen-bond acceptors (Lipinski definition) is 2. The van der Waals surface area contributed by atoms with Crippen LogP contribution in [0.5, 0.6) is 0 Å². The van der Waals surface area contributed by atoms with Gasteiger partial charge in [-0.25, -0.2) is 0 Å². The summed E-state index contributed by atoms with van der Waals surface area (Å²) >= 11 is 0. The molecule has 0 atom stereocenters. The Kier molecular flexibility index (Phi) is 6.20. The Morgan fingerprint density at radius 2 is 0.957 bits per heavy atom. The van der Waals surface area contributed by atoms with Gasteiger partial charge >= 0.3 is 0 Å². The highest BCUT2D eigenvalue weighted by molar-refractivity contribution is 6.06. The molecule has 0 fully saturated rings. The first-order chi connectivity index (χ1) is 23.0. The number of fused-ring (bicyclic) bond motifs is 6. The third-order valence-electron chi connectivity index (χ3n) is 9.89. The smallest absolute Gasteiger partial charge is 0.135 e. The van der Waals surface area contributed by atoms with Crippen LogP contribution in [0.4, 0.5) is 17.1 Å². The second-order valence-electron chi connectivity index (χ2n) is 13.0. The normalized spacial score (nSPS) is 13.1. The van der Waals surface area contributed by atoms with Gasteiger partial charge in [0.15, 0.2) is 0 Å². The largest absolute Gasteiger partial charge is 0.456 e. The van der Waals surface area contributed by atoms with Crippen LogP contribution in [0.3, 0.4) is 0 Å². The molecule has 1 aromatic heterocycles. The number of nitrogens with zero attached hydrogens (tertiary/aromatic N) is 1. The molecule has 0 unspecified atom stereocenters. The number of hydrogen-bond donors (Lipinski definition) is 0. The summed E-state index contributed by atoms with van der Waals surface area (Å²) in [5, 5.41) is 2.24. The summed E-state index contributed by atoms with van der Waals surface area (Å²) in [6.45, 7) is 4.68. The molecule has 0 bridgehead atoms. The topological polar surface area (TPSA) is 16.4 Å². The van der Waals surface area contributed by atoms with Crippen LogP contribution in [0.1, 0.15) is 25.0 Å². The maximum Gasteiger partial charge on any atom is 0.135 e. The van der Waals surface area contributed by atoms with Crippen molar-refractivity contribution in [2.24, 2.45) is 0 Å². The van der Waals surface area contributed by atoms with Gasteiger partial charge in [0.05, 0.1) is 0 Å². The third kappa shape index (κ3) is 4.48. The number of rotatable bonds is 5. The molecule has 1 aliphatic carbocycles. The van der Waals surface area contributed by atoms with Gasteiger partial charge in [-0.1, -0.05) is 123 Å². The first kappa shape index (κ1) is 27.5. The molecule has 9 rings (SSSR count). The number of para-hydroxylation sites is 1. The zero-order chi connectivity index (χ0) is 31.5. The van der Waals surface area contributed by atoms with Gasteiger partial charge in [0.1, 0.15) is 11.2 Å². The van der Waals surface area contributed by atoms with Crippen molar-refractivity contribution < 1.29 is 4.42 Å². The minimum atomic E-state index is -0.0273. The SMILES string of the molecule is CC1(C)c2ccccc2-c2ccc(-c3ccc(N(c4ccc(-c5ccccc5)cc4)c4ccc5oc6ccccc6c5c4)cc3)cc21. The molecule has 0 radical (unpaired) electrons. The molecule has 224 valence electrons. The third-order valence-corrected chi connectivity index (χ3v) is 9.89. The van der Waals surface area contributed by atoms with Crippen LogP contribution in [0.15, 0.2) is 168 Å². The fourth-order valence-electron chi connectivity index (χ4n) is 7.42. The summed E-state index contributed by atoms with van der Waals surface area (Å²) in [5.41, 5.74) is 15.4. The van der Waals surface area contributed by atoms with Crippen molar-refractivity contribution in [1.82, 2.24) is 0 Å². The van der Waals surface area contributed by atoms with Gasteiger partial charge < -0.3 is 9.32 Å². The van der Waals surface area contributed by atoms with Crippen LogP contribution >= 0.6 is 0 Å². The van der Waals surface area contributed by atoms with E-state index in [0.29, 0.717) is 0 Å². The Bertz CT molecular complexity index is 2410. The average Bonchev–Trinajstić information content (AvgIpc) is 3.61. The van der Waals surface area contributed by atoms with Crippen LogP contribution < -0.4 is 4.90 Å². The molecule has 7 aromatic carbocycles. The Morgan fingerprint density at radius 3 is 1.72 bits per heavy atom. The van der Waals surface area contributed by atoms with E-state index in [0.717, 1.165) is 39.0 Å². The minimum absolute atomic E-state index is 0.0273. The summed E-state index contributed by atoms with van der Waals surface area (Å²) < 4.78 is 6.18. The molecule has 8 aromatic rings. The van der Waals surface area contributed by atoms with Crippen molar-refractivity contribution in [2.45, 2.75) is 19.3 Å². The van der Waals surface area contributed by atoms with Gasteiger partial charge in [-0.15, -0.1) is 0 Å². The van der Waals surface area contributed by atoms with Crippen molar-refractivity contribution in [1.29, 1.82) is 0 Å². The molecule has 0 saturated heterocycles. The minimum Gasteiger partial charge on any atom is -0.456 e. The highest BCUT2D eigenvalue weighted by Gasteiger charge is 2.35. The van der Waals surface area contributed by atoms with E-state index in [4.69, 9.17) is 4.42 Å². The first-order valence-corrected chi connectivity index (χ1v) is 16.3. The molecule has 0 amide bonds. The molecule has 1 aliphatic rings. The van der Waals surface area contributed by atoms with Gasteiger partial charge in [-0.05, 0) is 99.1 Å². The van der Waals surface area contributed by atoms with Crippen LogP contribution in [0, 0.1) is 0 Å². The fraction of sp³-hybridized carbons (Fsp3) is 0.0667. The fourth-order valence-corrected chi connectivity index (χ4v) is 7.42. The lowest BCUT2D eigenvalue weighted by Gasteiger charge is -2.26. The molecular weight excluding hydrogens is 571 g/mol. The highest BCUT2D eigenvalue weighted by Crippen LogP contribution is 2.49. The standard InChI is InChI=1S/C45H33NO/c1-45(2)41-14-8-6-12-37(41)38-26-20-33(28-42(38)45)32-18-23-35(24-19-32)46(34-21-16-31(17-22-34)30-10-4-3-5-11-30)36-25-27-44-40(29-36)39-13-7-9-15-43(39)47-44/h3-29H,1-2H3. The molecule has 0 aliphatic heterocycles. The molecule has 0 spiro atoms. The predicted molar refractivity (Wildman–Crippen MR) is 197 cm³/mol. The number of anilines is 3. The first-order valence-electron chi connectivity index (χ1n) is 16.3. The van der Waals surface area contributed by atoms with Crippen molar-refractivity contribution in [3.63, 3.8) is 0 Å². The van der Waals surface area contributed by atoms with E-state index in [1.54, 1.807) is 0 Å². The summed E-state index contributed by atoms with van der Waals surface area (Å²) in [6.07, 6.45) is 0. The van der Waals surface area contributed by atoms with E-state index in [-0.39, 0.29) is 5.41 Å². The van der Waals surface area contributed by atoms with Crippen molar-refractivity contribution in [3.8, 4) is 33.4 Å². The molecule has 1 heterocycles. The van der Waals surface area contributed by atoms with Crippen LogP contribution in [-0.4, -0.2) is 0 Å². The Morgan fingerprint density at radius 1 is 0.404 bits per heavy atom. The zero-order valence-electron chi connectivity index (χ0n) is 26.4. The molecule has 2 heteroatoms. The van der Waals surface area contributed by atoms with Gasteiger partial charge in [0.25, 0.3) is 0 Å². The lowest BCUT2D eigenvalue weighted by molar-refractivity contribution is 0.660. The van der Waals surface area contributed by atoms with E-state index in [2.05, 4.69) is 170 Å². The lowest BCUT2D eigenvalue weighted by atomic mass is 9.81.